The molecule has 5 rings (SSSR count). The molecular formula is C22H26O5. The van der Waals surface area contributed by atoms with Crippen LogP contribution in [0.2, 0.25) is 0 Å². The van der Waals surface area contributed by atoms with Gasteiger partial charge in [-0.3, -0.25) is 0 Å². The number of hydrogen-bond donors (Lipinski definition) is 0. The molecule has 0 radical (unpaired) electrons. The van der Waals surface area contributed by atoms with Crippen molar-refractivity contribution in [2.24, 2.45) is 0 Å². The molecule has 5 atom stereocenters. The number of rotatable bonds is 2. The molecule has 2 aromatic carbocycles. The zero-order valence-electron chi connectivity index (χ0n) is 16.2. The van der Waals surface area contributed by atoms with Crippen molar-refractivity contribution in [1.29, 1.82) is 0 Å². The van der Waals surface area contributed by atoms with Gasteiger partial charge in [-0.15, -0.1) is 0 Å². The van der Waals surface area contributed by atoms with Crippen LogP contribution in [-0.2, 0) is 23.7 Å². The number of fused-ring (bicyclic) bond motifs is 2. The molecule has 0 spiro atoms. The molecule has 3 saturated heterocycles. The van der Waals surface area contributed by atoms with Crippen LogP contribution < -0.4 is 0 Å². The minimum Gasteiger partial charge on any atom is -0.362 e. The van der Waals surface area contributed by atoms with Gasteiger partial charge >= 0.3 is 0 Å². The highest BCUT2D eigenvalue weighted by Gasteiger charge is 2.59. The molecule has 3 fully saturated rings. The van der Waals surface area contributed by atoms with E-state index in [1.807, 2.05) is 27.7 Å². The first-order valence-electron chi connectivity index (χ1n) is 9.63. The van der Waals surface area contributed by atoms with Gasteiger partial charge in [-0.05, 0) is 50.1 Å². The minimum absolute atomic E-state index is 0.168. The van der Waals surface area contributed by atoms with Crippen molar-refractivity contribution in [3.8, 4) is 0 Å². The Morgan fingerprint density at radius 2 is 1.52 bits per heavy atom. The predicted molar refractivity (Wildman–Crippen MR) is 100 cm³/mol. The molecule has 0 saturated carbocycles. The van der Waals surface area contributed by atoms with Gasteiger partial charge in [-0.25, -0.2) is 0 Å². The Hall–Kier alpha value is -1.50. The topological polar surface area (TPSA) is 46.2 Å². The Labute approximate surface area is 159 Å². The fourth-order valence-electron chi connectivity index (χ4n) is 4.46. The third kappa shape index (κ3) is 3.08. The van der Waals surface area contributed by atoms with Crippen LogP contribution in [0, 0.1) is 0 Å². The van der Waals surface area contributed by atoms with E-state index in [0.717, 1.165) is 5.56 Å². The summed E-state index contributed by atoms with van der Waals surface area (Å²) >= 11 is 0. The Morgan fingerprint density at radius 1 is 0.778 bits per heavy atom. The molecule has 0 aromatic heterocycles. The summed E-state index contributed by atoms with van der Waals surface area (Å²) in [5.74, 6) is -1.24. The first-order valence-corrected chi connectivity index (χ1v) is 9.63. The third-order valence-electron chi connectivity index (χ3n) is 5.59. The van der Waals surface area contributed by atoms with Gasteiger partial charge in [0.05, 0.1) is 6.61 Å². The molecule has 0 amide bonds. The summed E-state index contributed by atoms with van der Waals surface area (Å²) in [6, 6.07) is 14.8. The number of benzene rings is 2. The molecule has 5 nitrogen and oxygen atoms in total. The molecule has 3 aliphatic heterocycles. The quantitative estimate of drug-likeness (QED) is 0.801. The largest absolute Gasteiger partial charge is 0.362 e. The van der Waals surface area contributed by atoms with Crippen molar-refractivity contribution in [2.45, 2.75) is 69.8 Å². The first-order chi connectivity index (χ1) is 12.8. The lowest BCUT2D eigenvalue weighted by Crippen LogP contribution is -2.40. The molecule has 144 valence electrons. The monoisotopic (exact) mass is 370 g/mol. The number of ether oxygens (including phenoxy) is 5. The van der Waals surface area contributed by atoms with E-state index in [0.29, 0.717) is 6.61 Å². The van der Waals surface area contributed by atoms with E-state index >= 15 is 0 Å². The van der Waals surface area contributed by atoms with Gasteiger partial charge in [0.15, 0.2) is 11.6 Å². The summed E-state index contributed by atoms with van der Waals surface area (Å²) < 4.78 is 30.8. The van der Waals surface area contributed by atoms with Crippen LogP contribution in [0.15, 0.2) is 42.5 Å². The standard InChI is InChI=1S/C22H26O5/c1-21(2)23-12-16(25-21)18-20-19(26-22(3,4)27-20)17(24-18)15-10-9-13-7-5-6-8-14(13)11-15/h5-11,16-20H,12H2,1-4H3/t16?,17-,18-,19-,20+/m1/s1. The normalized spacial score (nSPS) is 37.0. The lowest BCUT2D eigenvalue weighted by Gasteiger charge is -2.27. The molecule has 0 N–H and O–H groups in total. The fourth-order valence-corrected chi connectivity index (χ4v) is 4.46. The maximum atomic E-state index is 6.48. The van der Waals surface area contributed by atoms with E-state index in [1.165, 1.54) is 10.8 Å². The zero-order valence-corrected chi connectivity index (χ0v) is 16.2. The summed E-state index contributed by atoms with van der Waals surface area (Å²) in [4.78, 5) is 0. The minimum atomic E-state index is -0.637. The molecule has 3 aliphatic rings. The molecule has 0 aliphatic carbocycles. The first kappa shape index (κ1) is 17.6. The van der Waals surface area contributed by atoms with Crippen LogP contribution in [0.5, 0.6) is 0 Å². The molecular weight excluding hydrogens is 344 g/mol. The van der Waals surface area contributed by atoms with E-state index < -0.39 is 11.6 Å². The second-order valence-corrected chi connectivity index (χ2v) is 8.56. The van der Waals surface area contributed by atoms with Crippen LogP contribution in [0.1, 0.15) is 39.4 Å². The van der Waals surface area contributed by atoms with Gasteiger partial charge < -0.3 is 23.7 Å². The smallest absolute Gasteiger partial charge is 0.164 e. The second kappa shape index (κ2) is 6.00. The zero-order chi connectivity index (χ0) is 18.8. The van der Waals surface area contributed by atoms with Crippen molar-refractivity contribution in [2.75, 3.05) is 6.61 Å². The van der Waals surface area contributed by atoms with E-state index in [9.17, 15) is 0 Å². The average molecular weight is 370 g/mol. The van der Waals surface area contributed by atoms with Crippen molar-refractivity contribution < 1.29 is 23.7 Å². The fraction of sp³-hybridized carbons (Fsp3) is 0.545. The molecule has 27 heavy (non-hydrogen) atoms. The van der Waals surface area contributed by atoms with Gasteiger partial charge in [0.2, 0.25) is 0 Å². The van der Waals surface area contributed by atoms with Crippen molar-refractivity contribution >= 4 is 10.8 Å². The van der Waals surface area contributed by atoms with Crippen LogP contribution in [0.25, 0.3) is 10.8 Å². The number of hydrogen-bond acceptors (Lipinski definition) is 5. The van der Waals surface area contributed by atoms with Gasteiger partial charge in [-0.2, -0.15) is 0 Å². The summed E-state index contributed by atoms with van der Waals surface area (Å²) in [5.41, 5.74) is 1.10. The molecule has 0 bridgehead atoms. The van der Waals surface area contributed by atoms with Gasteiger partial charge in [-0.1, -0.05) is 36.4 Å². The maximum absolute atomic E-state index is 6.48. The van der Waals surface area contributed by atoms with Crippen LogP contribution in [0.4, 0.5) is 0 Å². The summed E-state index contributed by atoms with van der Waals surface area (Å²) in [6.45, 7) is 8.26. The van der Waals surface area contributed by atoms with Crippen LogP contribution in [-0.4, -0.2) is 42.6 Å². The second-order valence-electron chi connectivity index (χ2n) is 8.56. The van der Waals surface area contributed by atoms with E-state index in [4.69, 9.17) is 23.7 Å². The molecule has 2 aromatic rings. The predicted octanol–water partition coefficient (Wildman–Crippen LogP) is 3.95. The highest BCUT2D eigenvalue weighted by atomic mass is 16.8. The third-order valence-corrected chi connectivity index (χ3v) is 5.59. The van der Waals surface area contributed by atoms with Crippen LogP contribution in [0.3, 0.4) is 0 Å². The Balaban J connectivity index is 1.48. The van der Waals surface area contributed by atoms with Crippen LogP contribution >= 0.6 is 0 Å². The van der Waals surface area contributed by atoms with Crippen molar-refractivity contribution in [3.63, 3.8) is 0 Å². The Kier molecular flexibility index (Phi) is 3.91. The van der Waals surface area contributed by atoms with E-state index in [2.05, 4.69) is 42.5 Å². The van der Waals surface area contributed by atoms with E-state index in [1.54, 1.807) is 0 Å². The van der Waals surface area contributed by atoms with Crippen molar-refractivity contribution in [3.05, 3.63) is 48.0 Å². The van der Waals surface area contributed by atoms with Gasteiger partial charge in [0, 0.05) is 0 Å². The molecule has 5 heteroatoms. The summed E-state index contributed by atoms with van der Waals surface area (Å²) in [5, 5.41) is 2.41. The highest BCUT2D eigenvalue weighted by molar-refractivity contribution is 5.83. The maximum Gasteiger partial charge on any atom is 0.164 e. The van der Waals surface area contributed by atoms with Gasteiger partial charge in [0.25, 0.3) is 0 Å². The van der Waals surface area contributed by atoms with Crippen molar-refractivity contribution in [1.82, 2.24) is 0 Å². The molecule has 1 unspecified atom stereocenters. The summed E-state index contributed by atoms with van der Waals surface area (Å²) in [7, 11) is 0. The highest BCUT2D eigenvalue weighted by Crippen LogP contribution is 2.47. The van der Waals surface area contributed by atoms with E-state index in [-0.39, 0.29) is 30.5 Å². The SMILES string of the molecule is CC1(C)OCC([C@H]2O[C@H](c3ccc4ccccc4c3)[C@H]3OC(C)(C)O[C@H]32)O1. The Bertz CT molecular complexity index is 861. The van der Waals surface area contributed by atoms with Gasteiger partial charge in [0.1, 0.15) is 30.5 Å². The Morgan fingerprint density at radius 3 is 2.26 bits per heavy atom. The summed E-state index contributed by atoms with van der Waals surface area (Å²) in [6.07, 6.45) is -0.943. The molecule has 3 heterocycles. The average Bonchev–Trinajstić information content (AvgIpc) is 3.24. The lowest BCUT2D eigenvalue weighted by atomic mass is 9.98. The lowest BCUT2D eigenvalue weighted by molar-refractivity contribution is -0.207.